The van der Waals surface area contributed by atoms with Crippen LogP contribution in [0, 0.1) is 5.82 Å². The highest BCUT2D eigenvalue weighted by Crippen LogP contribution is 2.42. The van der Waals surface area contributed by atoms with Crippen LogP contribution in [0.25, 0.3) is 11.1 Å². The molecule has 1 fully saturated rings. The molecule has 0 radical (unpaired) electrons. The lowest BCUT2D eigenvalue weighted by Crippen LogP contribution is -2.65. The molecule has 1 atom stereocenters. The molecule has 248 valence electrons. The molecule has 2 aliphatic heterocycles. The normalized spacial score (nSPS) is 17.5. The minimum Gasteiger partial charge on any atom is -0.465 e. The molecular formula is C30H30F6N4O5S. The average Bonchev–Trinajstić information content (AvgIpc) is 2.99. The van der Waals surface area contributed by atoms with Crippen molar-refractivity contribution in [3.05, 3.63) is 66.1 Å². The summed E-state index contributed by atoms with van der Waals surface area (Å²) >= 11 is 0. The quantitative estimate of drug-likeness (QED) is 0.227. The molecule has 3 heterocycles. The van der Waals surface area contributed by atoms with Crippen molar-refractivity contribution in [1.29, 1.82) is 0 Å². The van der Waals surface area contributed by atoms with E-state index in [2.05, 4.69) is 9.72 Å². The largest absolute Gasteiger partial charge is 0.465 e. The minimum absolute atomic E-state index is 0.00939. The highest BCUT2D eigenvalue weighted by atomic mass is 32.2. The van der Waals surface area contributed by atoms with Crippen molar-refractivity contribution in [2.24, 2.45) is 0 Å². The molecule has 1 saturated heterocycles. The summed E-state index contributed by atoms with van der Waals surface area (Å²) in [7, 11) is -4.66. The monoisotopic (exact) mass is 672 g/mol. The summed E-state index contributed by atoms with van der Waals surface area (Å²) in [6, 6.07) is 7.01. The zero-order chi connectivity index (χ0) is 33.6. The number of anilines is 2. The molecule has 0 amide bonds. The summed E-state index contributed by atoms with van der Waals surface area (Å²) < 4.78 is 120. The Balaban J connectivity index is 1.61. The number of piperazine rings is 1. The van der Waals surface area contributed by atoms with Gasteiger partial charge in [0.1, 0.15) is 17.1 Å². The average molecular weight is 673 g/mol. The van der Waals surface area contributed by atoms with Crippen molar-refractivity contribution in [2.45, 2.75) is 50.0 Å². The van der Waals surface area contributed by atoms with Crippen LogP contribution in [-0.2, 0) is 25.7 Å². The number of aromatic nitrogens is 1. The Labute approximate surface area is 261 Å². The number of halogens is 6. The number of nitrogens with zero attached hydrogens (tertiary/aromatic N) is 4. The van der Waals surface area contributed by atoms with Gasteiger partial charge in [-0.05, 0) is 62.7 Å². The van der Waals surface area contributed by atoms with Crippen LogP contribution in [0.5, 0.6) is 5.75 Å². The fraction of sp³-hybridized carbons (Fsp3) is 0.400. The van der Waals surface area contributed by atoms with Gasteiger partial charge in [0.2, 0.25) is 0 Å². The van der Waals surface area contributed by atoms with E-state index in [1.54, 1.807) is 20.8 Å². The maximum atomic E-state index is 14.4. The third-order valence-electron chi connectivity index (χ3n) is 7.99. The third kappa shape index (κ3) is 6.45. The van der Waals surface area contributed by atoms with Crippen LogP contribution in [0.3, 0.4) is 0 Å². The van der Waals surface area contributed by atoms with Gasteiger partial charge >= 0.3 is 18.8 Å². The van der Waals surface area contributed by atoms with Gasteiger partial charge in [0, 0.05) is 37.5 Å². The zero-order valence-corrected chi connectivity index (χ0v) is 25.7. The Morgan fingerprint density at radius 2 is 1.78 bits per heavy atom. The first-order valence-corrected chi connectivity index (χ1v) is 15.6. The predicted molar refractivity (Wildman–Crippen MR) is 156 cm³/mol. The van der Waals surface area contributed by atoms with Crippen molar-refractivity contribution in [2.75, 3.05) is 42.0 Å². The summed E-state index contributed by atoms with van der Waals surface area (Å²) in [4.78, 5) is 20.3. The van der Waals surface area contributed by atoms with Crippen LogP contribution in [0.2, 0.25) is 0 Å². The van der Waals surface area contributed by atoms with Gasteiger partial charge < -0.3 is 14.4 Å². The van der Waals surface area contributed by atoms with Gasteiger partial charge in [-0.1, -0.05) is 6.07 Å². The van der Waals surface area contributed by atoms with Gasteiger partial charge in [0.25, 0.3) is 10.0 Å². The number of rotatable bonds is 8. The summed E-state index contributed by atoms with van der Waals surface area (Å²) in [6.07, 6.45) is -3.50. The predicted octanol–water partition coefficient (Wildman–Crippen LogP) is 5.55. The molecule has 46 heavy (non-hydrogen) atoms. The highest BCUT2D eigenvalue weighted by molar-refractivity contribution is 7.92. The lowest BCUT2D eigenvalue weighted by atomic mass is 9.98. The molecule has 3 aromatic rings. The molecule has 1 aromatic heterocycles. The molecule has 0 spiro atoms. The molecule has 0 aliphatic carbocycles. The molecule has 9 nitrogen and oxygen atoms in total. The molecule has 16 heteroatoms. The Morgan fingerprint density at radius 3 is 2.46 bits per heavy atom. The minimum atomic E-state index is -4.81. The number of fused-ring (bicyclic) bond motifs is 3. The molecule has 0 bridgehead atoms. The highest BCUT2D eigenvalue weighted by Gasteiger charge is 2.46. The van der Waals surface area contributed by atoms with Crippen LogP contribution >= 0.6 is 0 Å². The smallest absolute Gasteiger partial charge is 0.416 e. The van der Waals surface area contributed by atoms with Crippen LogP contribution in [0.15, 0.2) is 59.6 Å². The lowest BCUT2D eigenvalue weighted by molar-refractivity contribution is -0.156. The number of esters is 1. The van der Waals surface area contributed by atoms with E-state index in [0.717, 1.165) is 40.7 Å². The van der Waals surface area contributed by atoms with E-state index in [4.69, 9.17) is 4.74 Å². The number of pyridine rings is 1. The van der Waals surface area contributed by atoms with Crippen LogP contribution in [0.1, 0.15) is 26.3 Å². The van der Waals surface area contributed by atoms with E-state index in [-0.39, 0.29) is 42.3 Å². The van der Waals surface area contributed by atoms with E-state index < -0.39 is 62.4 Å². The Morgan fingerprint density at radius 1 is 1.04 bits per heavy atom. The molecule has 2 aromatic carbocycles. The van der Waals surface area contributed by atoms with Crippen molar-refractivity contribution >= 4 is 27.5 Å². The van der Waals surface area contributed by atoms with Gasteiger partial charge in [-0.2, -0.15) is 22.0 Å². The summed E-state index contributed by atoms with van der Waals surface area (Å²) in [5.41, 5.74) is -2.05. The standard InChI is InChI=1S/C30H30F6N4O5S/c1-4-44-27(41)29(2,3)38-8-9-39-22(16-38)17-40(46(42,43)24-7-5-6-20(13-24)30(34,35)36)25-12-19(15-37-26(25)39)18-10-21(31)14-23(11-18)45-28(32)33/h5-7,10-15,22,28H,4,8-9,16-17H2,1-3H3/t22-/m0/s1. The van der Waals surface area contributed by atoms with E-state index >= 15 is 0 Å². The SMILES string of the molecule is CCOC(=O)C(C)(C)N1CCN2c3ncc(-c4cc(F)cc(OC(F)F)c4)cc3N(S(=O)(=O)c3cccc(C(F)(F)F)c3)C[C@@H]2C1. The summed E-state index contributed by atoms with van der Waals surface area (Å²) in [5.74, 6) is -1.66. The fourth-order valence-electron chi connectivity index (χ4n) is 5.62. The van der Waals surface area contributed by atoms with E-state index in [1.165, 1.54) is 12.3 Å². The molecule has 0 N–H and O–H groups in total. The number of hydrogen-bond acceptors (Lipinski definition) is 8. The molecular weight excluding hydrogens is 642 g/mol. The van der Waals surface area contributed by atoms with Gasteiger partial charge in [-0.3, -0.25) is 14.0 Å². The number of carbonyl (C=O) groups excluding carboxylic acids is 1. The van der Waals surface area contributed by atoms with Crippen molar-refractivity contribution in [3.63, 3.8) is 0 Å². The van der Waals surface area contributed by atoms with Crippen molar-refractivity contribution in [3.8, 4) is 16.9 Å². The number of ether oxygens (including phenoxy) is 2. The van der Waals surface area contributed by atoms with E-state index in [9.17, 15) is 39.6 Å². The van der Waals surface area contributed by atoms with Gasteiger partial charge in [0.15, 0.2) is 5.82 Å². The van der Waals surface area contributed by atoms with Gasteiger partial charge in [-0.25, -0.2) is 17.8 Å². The first-order chi connectivity index (χ1) is 21.5. The topological polar surface area (TPSA) is 92.3 Å². The number of sulfonamides is 1. The van der Waals surface area contributed by atoms with Crippen LogP contribution < -0.4 is 13.9 Å². The van der Waals surface area contributed by atoms with Gasteiger partial charge in [-0.15, -0.1) is 0 Å². The first kappa shape index (κ1) is 33.3. The Hall–Kier alpha value is -4.05. The maximum absolute atomic E-state index is 14.4. The number of hydrogen-bond donors (Lipinski definition) is 0. The number of benzene rings is 2. The second kappa shape index (κ2) is 12.3. The van der Waals surface area contributed by atoms with Crippen LogP contribution in [0.4, 0.5) is 37.8 Å². The fourth-order valence-corrected chi connectivity index (χ4v) is 7.16. The summed E-state index contributed by atoms with van der Waals surface area (Å²) in [6.45, 7) is 2.59. The molecule has 2 aliphatic rings. The number of alkyl halides is 5. The summed E-state index contributed by atoms with van der Waals surface area (Å²) in [5, 5.41) is 0. The second-order valence-electron chi connectivity index (χ2n) is 11.3. The maximum Gasteiger partial charge on any atom is 0.416 e. The first-order valence-electron chi connectivity index (χ1n) is 14.2. The third-order valence-corrected chi connectivity index (χ3v) is 9.77. The Bertz CT molecular complexity index is 1740. The molecule has 0 saturated carbocycles. The van der Waals surface area contributed by atoms with Crippen molar-refractivity contribution in [1.82, 2.24) is 9.88 Å². The molecule has 0 unspecified atom stereocenters. The van der Waals surface area contributed by atoms with E-state index in [1.807, 2.05) is 9.80 Å². The zero-order valence-electron chi connectivity index (χ0n) is 24.9. The molecule has 5 rings (SSSR count). The second-order valence-corrected chi connectivity index (χ2v) is 13.1. The Kier molecular flexibility index (Phi) is 8.90. The lowest BCUT2D eigenvalue weighted by Gasteiger charge is -2.51. The van der Waals surface area contributed by atoms with E-state index in [0.29, 0.717) is 19.2 Å². The van der Waals surface area contributed by atoms with Gasteiger partial charge in [0.05, 0.1) is 35.3 Å². The van der Waals surface area contributed by atoms with Crippen molar-refractivity contribution < 1.29 is 49.0 Å². The number of carbonyl (C=O) groups is 1. The van der Waals surface area contributed by atoms with Crippen LogP contribution in [-0.4, -0.2) is 75.2 Å².